The molecule has 7 heteroatoms. The highest BCUT2D eigenvalue weighted by Crippen LogP contribution is 2.60. The van der Waals surface area contributed by atoms with E-state index in [0.717, 1.165) is 12.0 Å². The van der Waals surface area contributed by atoms with Crippen LogP contribution in [0.5, 0.6) is 0 Å². The summed E-state index contributed by atoms with van der Waals surface area (Å²) < 4.78 is -5.88. The van der Waals surface area contributed by atoms with Crippen LogP contribution in [0.15, 0.2) is 24.3 Å². The summed E-state index contributed by atoms with van der Waals surface area (Å²) in [6, 6.07) is 7.16. The predicted molar refractivity (Wildman–Crippen MR) is 92.8 cm³/mol. The van der Waals surface area contributed by atoms with Gasteiger partial charge in [-0.2, -0.15) is 0 Å². The fourth-order valence-electron chi connectivity index (χ4n) is 1.66. The summed E-state index contributed by atoms with van der Waals surface area (Å²) in [6.07, 6.45) is 0.753. The molecule has 0 amide bonds. The van der Waals surface area contributed by atoms with Crippen molar-refractivity contribution >= 4 is 81.2 Å². The Kier molecular flexibility index (Phi) is 6.55. The largest absolute Gasteiger partial charge is 0.226 e. The minimum Gasteiger partial charge on any atom is -0.0930 e. The maximum Gasteiger partial charge on any atom is 0.226 e. The fraction of sp³-hybridized carbons (Fsp3) is 0.462. The lowest BCUT2D eigenvalue weighted by Crippen LogP contribution is -2.45. The van der Waals surface area contributed by atoms with Crippen molar-refractivity contribution in [3.63, 3.8) is 0 Å². The first-order chi connectivity index (χ1) is 8.89. The molecule has 0 saturated carbocycles. The van der Waals surface area contributed by atoms with Gasteiger partial charge in [0.25, 0.3) is 0 Å². The van der Waals surface area contributed by atoms with Gasteiger partial charge in [0.05, 0.1) is 0 Å². The summed E-state index contributed by atoms with van der Waals surface area (Å²) >= 11 is 42.1. The van der Waals surface area contributed by atoms with Crippen LogP contribution in [0, 0.1) is 12.8 Å². The Morgan fingerprint density at radius 3 is 2.05 bits per heavy atom. The fourth-order valence-corrected chi connectivity index (χ4v) is 3.11. The molecular weight excluding hydrogens is 404 g/mol. The highest BCUT2D eigenvalue weighted by atomic mass is 35.6. The lowest BCUT2D eigenvalue weighted by molar-refractivity contribution is 0.690. The molecule has 0 aliphatic rings. The molecule has 1 unspecified atom stereocenters. The van der Waals surface area contributed by atoms with Crippen LogP contribution >= 0.6 is 81.2 Å². The van der Waals surface area contributed by atoms with E-state index in [1.807, 2.05) is 13.0 Å². The number of hydrogen-bond donors (Lipinski definition) is 0. The van der Waals surface area contributed by atoms with E-state index < -0.39 is 12.5 Å². The van der Waals surface area contributed by atoms with Crippen molar-refractivity contribution in [2.24, 2.45) is 5.92 Å². The summed E-state index contributed by atoms with van der Waals surface area (Å²) in [4.78, 5) is 0. The molecule has 0 aliphatic heterocycles. The molecule has 0 bridgehead atoms. The van der Waals surface area contributed by atoms with Crippen LogP contribution in [-0.2, 0) is 10.8 Å². The van der Waals surface area contributed by atoms with Gasteiger partial charge in [-0.05, 0) is 23.5 Å². The van der Waals surface area contributed by atoms with Gasteiger partial charge in [-0.15, -0.1) is 0 Å². The number of halogens is 7. The smallest absolute Gasteiger partial charge is 0.0930 e. The van der Waals surface area contributed by atoms with E-state index in [1.165, 1.54) is 0 Å². The standard InChI is InChI=1S/C13H12Cl7/c1-8(2)6-9-4-3-5-10(7-9)11(14,15)12(16,17)13(18,19)20/h3-5,7-8H,1,6H2,2H3. The summed E-state index contributed by atoms with van der Waals surface area (Å²) in [6.45, 7) is 5.93. The van der Waals surface area contributed by atoms with Crippen LogP contribution in [0.4, 0.5) is 0 Å². The molecule has 0 nitrogen and oxygen atoms in total. The molecule has 20 heavy (non-hydrogen) atoms. The van der Waals surface area contributed by atoms with E-state index in [1.54, 1.807) is 18.2 Å². The summed E-state index contributed by atoms with van der Waals surface area (Å²) in [5, 5.41) is 0. The minimum atomic E-state index is -2.06. The topological polar surface area (TPSA) is 0 Å². The second kappa shape index (κ2) is 6.79. The maximum atomic E-state index is 6.28. The summed E-state index contributed by atoms with van der Waals surface area (Å²) in [7, 11) is 0. The molecule has 0 saturated heterocycles. The third-order valence-electron chi connectivity index (χ3n) is 2.62. The lowest BCUT2D eigenvalue weighted by Gasteiger charge is -2.38. The second-order valence-electron chi connectivity index (χ2n) is 4.66. The molecule has 1 aromatic carbocycles. The van der Waals surface area contributed by atoms with E-state index in [4.69, 9.17) is 81.2 Å². The van der Waals surface area contributed by atoms with Gasteiger partial charge in [-0.1, -0.05) is 119 Å². The van der Waals surface area contributed by atoms with Gasteiger partial charge in [0, 0.05) is 0 Å². The Bertz CT molecular complexity index is 460. The third-order valence-corrected chi connectivity index (χ3v) is 6.58. The van der Waals surface area contributed by atoms with E-state index in [9.17, 15) is 0 Å². The lowest BCUT2D eigenvalue weighted by atomic mass is 9.99. The van der Waals surface area contributed by atoms with Crippen molar-refractivity contribution in [2.75, 3.05) is 0 Å². The van der Waals surface area contributed by atoms with Crippen LogP contribution < -0.4 is 0 Å². The molecule has 1 atom stereocenters. The van der Waals surface area contributed by atoms with Gasteiger partial charge < -0.3 is 0 Å². The quantitative estimate of drug-likeness (QED) is 0.470. The average Bonchev–Trinajstić information content (AvgIpc) is 2.26. The molecule has 113 valence electrons. The molecule has 0 fully saturated rings. The second-order valence-corrected chi connectivity index (χ2v) is 9.59. The Hall–Kier alpha value is 1.25. The third kappa shape index (κ3) is 4.16. The van der Waals surface area contributed by atoms with Gasteiger partial charge in [0.2, 0.25) is 8.13 Å². The number of benzene rings is 1. The molecule has 1 radical (unpaired) electrons. The van der Waals surface area contributed by atoms with Gasteiger partial charge in [-0.3, -0.25) is 0 Å². The number of hydrogen-bond acceptors (Lipinski definition) is 0. The molecule has 0 N–H and O–H groups in total. The SMILES string of the molecule is [CH2]C(C)Cc1cccc(C(Cl)(Cl)C(Cl)(Cl)C(Cl)(Cl)Cl)c1. The molecule has 0 aromatic heterocycles. The minimum absolute atomic E-state index is 0.232. The van der Waals surface area contributed by atoms with Crippen molar-refractivity contribution in [3.8, 4) is 0 Å². The highest BCUT2D eigenvalue weighted by Gasteiger charge is 2.60. The van der Waals surface area contributed by atoms with Gasteiger partial charge >= 0.3 is 0 Å². The van der Waals surface area contributed by atoms with Crippen LogP contribution in [0.1, 0.15) is 18.1 Å². The maximum absolute atomic E-state index is 6.28. The average molecular weight is 416 g/mol. The Balaban J connectivity index is 3.22. The number of rotatable bonds is 4. The highest BCUT2D eigenvalue weighted by molar-refractivity contribution is 6.78. The summed E-state index contributed by atoms with van der Waals surface area (Å²) in [5.74, 6) is 0.232. The van der Waals surface area contributed by atoms with E-state index in [0.29, 0.717) is 5.56 Å². The Morgan fingerprint density at radius 1 is 1.05 bits per heavy atom. The monoisotopic (exact) mass is 413 g/mol. The van der Waals surface area contributed by atoms with Gasteiger partial charge in [-0.25, -0.2) is 0 Å². The molecule has 1 rings (SSSR count). The zero-order chi connectivity index (χ0) is 15.8. The summed E-state index contributed by atoms with van der Waals surface area (Å²) in [5.41, 5.74) is 1.44. The molecular formula is C13H12Cl7. The van der Waals surface area contributed by atoms with E-state index in [2.05, 4.69) is 6.92 Å². The van der Waals surface area contributed by atoms with Crippen LogP contribution in [0.25, 0.3) is 0 Å². The predicted octanol–water partition coefficient (Wildman–Crippen LogP) is 6.87. The van der Waals surface area contributed by atoms with Crippen molar-refractivity contribution in [2.45, 2.75) is 25.8 Å². The van der Waals surface area contributed by atoms with Crippen molar-refractivity contribution in [1.82, 2.24) is 0 Å². The van der Waals surface area contributed by atoms with Gasteiger partial charge in [0.15, 0.2) is 4.33 Å². The Morgan fingerprint density at radius 2 is 1.60 bits per heavy atom. The number of alkyl halides is 7. The first-order valence-electron chi connectivity index (χ1n) is 5.64. The van der Waals surface area contributed by atoms with Crippen LogP contribution in [0.3, 0.4) is 0 Å². The zero-order valence-corrected chi connectivity index (χ0v) is 15.7. The molecule has 0 spiro atoms. The van der Waals surface area contributed by atoms with Crippen molar-refractivity contribution < 1.29 is 0 Å². The van der Waals surface area contributed by atoms with Crippen LogP contribution in [0.2, 0.25) is 0 Å². The molecule has 0 aliphatic carbocycles. The van der Waals surface area contributed by atoms with Crippen molar-refractivity contribution in [1.29, 1.82) is 0 Å². The van der Waals surface area contributed by atoms with Crippen molar-refractivity contribution in [3.05, 3.63) is 42.3 Å². The Labute approximate surface area is 154 Å². The first kappa shape index (κ1) is 19.3. The van der Waals surface area contributed by atoms with E-state index >= 15 is 0 Å². The van der Waals surface area contributed by atoms with Gasteiger partial charge in [0.1, 0.15) is 0 Å². The normalized spacial score (nSPS) is 13.9. The van der Waals surface area contributed by atoms with E-state index in [-0.39, 0.29) is 5.92 Å². The first-order valence-corrected chi connectivity index (χ1v) is 8.29. The molecule has 0 heterocycles. The molecule has 1 aromatic rings. The van der Waals surface area contributed by atoms with Crippen LogP contribution in [-0.4, -0.2) is 8.13 Å². The zero-order valence-electron chi connectivity index (χ0n) is 10.4.